The number of amides is 1. The van der Waals surface area contributed by atoms with Gasteiger partial charge in [-0.05, 0) is 46.3 Å². The molecule has 1 aromatic heterocycles. The molecule has 7 heteroatoms. The van der Waals surface area contributed by atoms with Crippen molar-refractivity contribution in [1.82, 2.24) is 4.57 Å². The van der Waals surface area contributed by atoms with Crippen molar-refractivity contribution in [2.24, 2.45) is 7.05 Å². The predicted octanol–water partition coefficient (Wildman–Crippen LogP) is 2.50. The van der Waals surface area contributed by atoms with E-state index in [4.69, 9.17) is 9.84 Å². The number of halogens is 1. The molecule has 0 atom stereocenters. The molecule has 1 heterocycles. The highest BCUT2D eigenvalue weighted by atomic mass is 79.9. The molecular weight excluding hydrogens is 340 g/mol. The van der Waals surface area contributed by atoms with Crippen molar-refractivity contribution in [3.8, 4) is 5.75 Å². The van der Waals surface area contributed by atoms with E-state index in [9.17, 15) is 9.59 Å². The lowest BCUT2D eigenvalue weighted by atomic mass is 10.3. The number of nitrogens with zero attached hydrogens (tertiary/aromatic N) is 1. The number of carbonyl (C=O) groups is 2. The third-order valence-corrected chi connectivity index (χ3v) is 3.11. The molecule has 0 radical (unpaired) electrons. The zero-order chi connectivity index (χ0) is 15.4. The number of aromatic nitrogens is 1. The summed E-state index contributed by atoms with van der Waals surface area (Å²) in [6.45, 7) is -0.400. The second kappa shape index (κ2) is 6.45. The van der Waals surface area contributed by atoms with E-state index in [1.807, 2.05) is 0 Å². The number of aryl methyl sites for hydroxylation is 1. The van der Waals surface area contributed by atoms with E-state index >= 15 is 0 Å². The number of benzene rings is 1. The predicted molar refractivity (Wildman–Crippen MR) is 80.6 cm³/mol. The van der Waals surface area contributed by atoms with Crippen LogP contribution in [-0.4, -0.2) is 28.2 Å². The van der Waals surface area contributed by atoms with Gasteiger partial charge in [0.25, 0.3) is 5.91 Å². The van der Waals surface area contributed by atoms with Gasteiger partial charge in [-0.25, -0.2) is 4.79 Å². The highest BCUT2D eigenvalue weighted by molar-refractivity contribution is 9.10. The highest BCUT2D eigenvalue weighted by Crippen LogP contribution is 2.18. The molecule has 0 spiro atoms. The minimum Gasteiger partial charge on any atom is -0.482 e. The van der Waals surface area contributed by atoms with Crippen LogP contribution < -0.4 is 10.1 Å². The monoisotopic (exact) mass is 352 g/mol. The van der Waals surface area contributed by atoms with Gasteiger partial charge in [0.15, 0.2) is 6.61 Å². The molecule has 0 aliphatic carbocycles. The summed E-state index contributed by atoms with van der Waals surface area (Å²) < 4.78 is 7.55. The van der Waals surface area contributed by atoms with Gasteiger partial charge in [-0.3, -0.25) is 4.79 Å². The molecule has 0 fully saturated rings. The van der Waals surface area contributed by atoms with Crippen LogP contribution in [0, 0.1) is 0 Å². The van der Waals surface area contributed by atoms with Crippen molar-refractivity contribution >= 4 is 33.5 Å². The summed E-state index contributed by atoms with van der Waals surface area (Å²) in [4.78, 5) is 22.5. The van der Waals surface area contributed by atoms with Crippen LogP contribution in [0.1, 0.15) is 10.5 Å². The highest BCUT2D eigenvalue weighted by Gasteiger charge is 2.11. The quantitative estimate of drug-likeness (QED) is 0.866. The van der Waals surface area contributed by atoms with Crippen molar-refractivity contribution < 1.29 is 19.4 Å². The Morgan fingerprint density at radius 2 is 2.00 bits per heavy atom. The SMILES string of the molecule is Cn1cc(Br)cc1C(=O)Nc1ccc(OCC(=O)O)cc1. The molecule has 2 rings (SSSR count). The number of carbonyl (C=O) groups excluding carboxylic acids is 1. The summed E-state index contributed by atoms with van der Waals surface area (Å²) in [5.41, 5.74) is 1.12. The van der Waals surface area contributed by atoms with Crippen LogP contribution in [0.5, 0.6) is 5.75 Å². The van der Waals surface area contributed by atoms with Crippen LogP contribution in [0.2, 0.25) is 0 Å². The fourth-order valence-corrected chi connectivity index (χ4v) is 2.25. The Hall–Kier alpha value is -2.28. The zero-order valence-corrected chi connectivity index (χ0v) is 12.8. The Morgan fingerprint density at radius 3 is 2.52 bits per heavy atom. The van der Waals surface area contributed by atoms with E-state index < -0.39 is 12.6 Å². The van der Waals surface area contributed by atoms with Crippen LogP contribution >= 0.6 is 15.9 Å². The number of ether oxygens (including phenoxy) is 1. The number of anilines is 1. The van der Waals surface area contributed by atoms with E-state index in [2.05, 4.69) is 21.2 Å². The lowest BCUT2D eigenvalue weighted by molar-refractivity contribution is -0.139. The normalized spacial score (nSPS) is 10.2. The van der Waals surface area contributed by atoms with Crippen LogP contribution in [-0.2, 0) is 11.8 Å². The van der Waals surface area contributed by atoms with Gasteiger partial charge in [0.2, 0.25) is 0 Å². The first-order valence-electron chi connectivity index (χ1n) is 6.03. The topological polar surface area (TPSA) is 80.6 Å². The van der Waals surface area contributed by atoms with Crippen molar-refractivity contribution in [3.63, 3.8) is 0 Å². The second-order valence-corrected chi connectivity index (χ2v) is 5.23. The maximum Gasteiger partial charge on any atom is 0.341 e. The van der Waals surface area contributed by atoms with Crippen LogP contribution in [0.3, 0.4) is 0 Å². The molecule has 2 aromatic rings. The van der Waals surface area contributed by atoms with E-state index in [0.29, 0.717) is 17.1 Å². The summed E-state index contributed by atoms with van der Waals surface area (Å²) in [5.74, 6) is -0.846. The van der Waals surface area contributed by atoms with Crippen LogP contribution in [0.25, 0.3) is 0 Å². The standard InChI is InChI=1S/C14H13BrN2O4/c1-17-7-9(15)6-12(17)14(20)16-10-2-4-11(5-3-10)21-8-13(18)19/h2-7H,8H2,1H3,(H,16,20)(H,18,19). The van der Waals surface area contributed by atoms with E-state index in [-0.39, 0.29) is 5.91 Å². The van der Waals surface area contributed by atoms with E-state index in [0.717, 1.165) is 4.47 Å². The van der Waals surface area contributed by atoms with E-state index in [1.54, 1.807) is 48.1 Å². The lowest BCUT2D eigenvalue weighted by Gasteiger charge is -2.07. The molecule has 1 aromatic carbocycles. The van der Waals surface area contributed by atoms with Gasteiger partial charge in [-0.1, -0.05) is 0 Å². The Kier molecular flexibility index (Phi) is 4.64. The van der Waals surface area contributed by atoms with Gasteiger partial charge in [0.1, 0.15) is 11.4 Å². The second-order valence-electron chi connectivity index (χ2n) is 4.32. The minimum absolute atomic E-state index is 0.234. The smallest absolute Gasteiger partial charge is 0.341 e. The van der Waals surface area contributed by atoms with Gasteiger partial charge in [-0.2, -0.15) is 0 Å². The first-order chi connectivity index (χ1) is 9.95. The van der Waals surface area contributed by atoms with Crippen LogP contribution in [0.4, 0.5) is 5.69 Å². The average molecular weight is 353 g/mol. The summed E-state index contributed by atoms with van der Waals surface area (Å²) in [7, 11) is 1.78. The number of nitrogens with one attached hydrogen (secondary N) is 1. The molecule has 0 aliphatic heterocycles. The third-order valence-electron chi connectivity index (χ3n) is 2.68. The third kappa shape index (κ3) is 4.09. The fourth-order valence-electron chi connectivity index (χ4n) is 1.72. The Labute approximate surface area is 129 Å². The molecule has 0 unspecified atom stereocenters. The van der Waals surface area contributed by atoms with Crippen molar-refractivity contribution in [2.75, 3.05) is 11.9 Å². The van der Waals surface area contributed by atoms with Gasteiger partial charge in [-0.15, -0.1) is 0 Å². The van der Waals surface area contributed by atoms with Crippen molar-refractivity contribution in [2.45, 2.75) is 0 Å². The number of rotatable bonds is 5. The molecular formula is C14H13BrN2O4. The molecule has 1 amide bonds. The summed E-state index contributed by atoms with van der Waals surface area (Å²) in [6.07, 6.45) is 1.79. The number of hydrogen-bond donors (Lipinski definition) is 2. The molecule has 0 saturated heterocycles. The van der Waals surface area contributed by atoms with Gasteiger partial charge >= 0.3 is 5.97 Å². The maximum absolute atomic E-state index is 12.1. The molecule has 21 heavy (non-hydrogen) atoms. The number of hydrogen-bond acceptors (Lipinski definition) is 3. The largest absolute Gasteiger partial charge is 0.482 e. The van der Waals surface area contributed by atoms with Crippen LogP contribution in [0.15, 0.2) is 41.0 Å². The van der Waals surface area contributed by atoms with E-state index in [1.165, 1.54) is 0 Å². The van der Waals surface area contributed by atoms with Gasteiger partial charge < -0.3 is 19.7 Å². The Bertz CT molecular complexity index is 664. The number of carboxylic acids is 1. The van der Waals surface area contributed by atoms with Gasteiger partial charge in [0.05, 0.1) is 0 Å². The first kappa shape index (κ1) is 15.1. The average Bonchev–Trinajstić information content (AvgIpc) is 2.77. The lowest BCUT2D eigenvalue weighted by Crippen LogP contribution is -2.15. The summed E-state index contributed by atoms with van der Waals surface area (Å²) in [6, 6.07) is 8.21. The molecule has 2 N–H and O–H groups in total. The summed E-state index contributed by atoms with van der Waals surface area (Å²) >= 11 is 3.31. The molecule has 0 aliphatic rings. The molecule has 6 nitrogen and oxygen atoms in total. The molecule has 110 valence electrons. The molecule has 0 bridgehead atoms. The van der Waals surface area contributed by atoms with Crippen molar-refractivity contribution in [3.05, 3.63) is 46.7 Å². The minimum atomic E-state index is -1.04. The van der Waals surface area contributed by atoms with Gasteiger partial charge in [0, 0.05) is 23.4 Å². The number of carboxylic acid groups (broad SMARTS) is 1. The zero-order valence-electron chi connectivity index (χ0n) is 11.2. The van der Waals surface area contributed by atoms with Crippen molar-refractivity contribution in [1.29, 1.82) is 0 Å². The molecule has 0 saturated carbocycles. The number of aliphatic carboxylic acids is 1. The Balaban J connectivity index is 2.01. The first-order valence-corrected chi connectivity index (χ1v) is 6.83. The maximum atomic E-state index is 12.1. The Morgan fingerprint density at radius 1 is 1.33 bits per heavy atom. The summed E-state index contributed by atoms with van der Waals surface area (Å²) in [5, 5.41) is 11.3. The fraction of sp³-hybridized carbons (Fsp3) is 0.143.